The lowest BCUT2D eigenvalue weighted by Gasteiger charge is -2.27. The first-order chi connectivity index (χ1) is 7.68. The lowest BCUT2D eigenvalue weighted by atomic mass is 10.4. The van der Waals surface area contributed by atoms with Crippen molar-refractivity contribution in [2.45, 2.75) is 25.8 Å². The Kier molecular flexibility index (Phi) is 5.48. The minimum absolute atomic E-state index is 0.745. The van der Waals surface area contributed by atoms with Gasteiger partial charge in [-0.3, -0.25) is 0 Å². The molecule has 0 aliphatic carbocycles. The van der Waals surface area contributed by atoms with E-state index in [9.17, 15) is 0 Å². The van der Waals surface area contributed by atoms with Gasteiger partial charge in [0.15, 0.2) is 0 Å². The summed E-state index contributed by atoms with van der Waals surface area (Å²) in [5.74, 6) is 0. The van der Waals surface area contributed by atoms with Crippen LogP contribution >= 0.6 is 11.6 Å². The van der Waals surface area contributed by atoms with Gasteiger partial charge in [-0.05, 0) is 23.4 Å². The highest BCUT2D eigenvalue weighted by molar-refractivity contribution is 6.81. The molecule has 4 heteroatoms. The molecule has 1 aromatic rings. The topological polar surface area (TPSA) is 18.5 Å². The molecule has 0 fully saturated rings. The molecule has 1 aromatic carbocycles. The van der Waals surface area contributed by atoms with Gasteiger partial charge in [-0.1, -0.05) is 43.5 Å². The Morgan fingerprint density at radius 1 is 1.12 bits per heavy atom. The van der Waals surface area contributed by atoms with Gasteiger partial charge < -0.3 is 8.85 Å². The van der Waals surface area contributed by atoms with Crippen molar-refractivity contribution in [3.63, 3.8) is 0 Å². The molecule has 0 atom stereocenters. The summed E-state index contributed by atoms with van der Waals surface area (Å²) in [6, 6.07) is 8.79. The molecule has 2 nitrogen and oxygen atoms in total. The minimum atomic E-state index is -2.22. The molecule has 0 radical (unpaired) electrons. The Morgan fingerprint density at radius 3 is 2.12 bits per heavy atom. The van der Waals surface area contributed by atoms with Gasteiger partial charge >= 0.3 is 8.56 Å². The van der Waals surface area contributed by atoms with Gasteiger partial charge in [0.05, 0.1) is 0 Å². The Balaban J connectivity index is 2.95. The number of unbranched alkanes of at least 4 members (excludes halogenated alkanes) is 1. The number of halogens is 1. The first kappa shape index (κ1) is 13.7. The highest BCUT2D eigenvalue weighted by Crippen LogP contribution is 2.17. The van der Waals surface area contributed by atoms with Crippen LogP contribution in [0, 0.1) is 0 Å². The summed E-state index contributed by atoms with van der Waals surface area (Å²) in [5.41, 5.74) is 0. The number of hydrogen-bond donors (Lipinski definition) is 0. The molecule has 0 aromatic heterocycles. The molecule has 0 saturated heterocycles. The summed E-state index contributed by atoms with van der Waals surface area (Å²) in [7, 11) is 1.25. The summed E-state index contributed by atoms with van der Waals surface area (Å²) < 4.78 is 11.4. The summed E-state index contributed by atoms with van der Waals surface area (Å²) in [6.45, 7) is 2.17. The predicted octanol–water partition coefficient (Wildman–Crippen LogP) is 3.08. The van der Waals surface area contributed by atoms with Gasteiger partial charge in [0.25, 0.3) is 0 Å². The highest BCUT2D eigenvalue weighted by Gasteiger charge is 2.37. The third-order valence-electron chi connectivity index (χ3n) is 2.80. The van der Waals surface area contributed by atoms with Crippen molar-refractivity contribution < 1.29 is 8.85 Å². The zero-order chi connectivity index (χ0) is 12.0. The fraction of sp³-hybridized carbons (Fsp3) is 0.500. The maximum Gasteiger partial charge on any atom is 0.371 e. The molecular weight excluding hydrogens is 240 g/mol. The van der Waals surface area contributed by atoms with Crippen LogP contribution in [-0.4, -0.2) is 22.8 Å². The van der Waals surface area contributed by atoms with E-state index < -0.39 is 8.56 Å². The number of benzene rings is 1. The van der Waals surface area contributed by atoms with Crippen LogP contribution in [0.4, 0.5) is 0 Å². The number of hydrogen-bond acceptors (Lipinski definition) is 2. The van der Waals surface area contributed by atoms with Gasteiger partial charge in [0, 0.05) is 19.2 Å². The van der Waals surface area contributed by atoms with Crippen LogP contribution in [0.1, 0.15) is 19.8 Å². The second-order valence-corrected chi connectivity index (χ2v) is 7.61. The molecule has 0 heterocycles. The molecule has 1 rings (SSSR count). The van der Waals surface area contributed by atoms with Crippen molar-refractivity contribution in [1.82, 2.24) is 0 Å². The van der Waals surface area contributed by atoms with Gasteiger partial charge in [0.1, 0.15) is 0 Å². The fourth-order valence-electron chi connectivity index (χ4n) is 1.78. The smallest absolute Gasteiger partial charge is 0.371 e. The van der Waals surface area contributed by atoms with Crippen LogP contribution in [0.5, 0.6) is 0 Å². The molecule has 0 unspecified atom stereocenters. The zero-order valence-corrected chi connectivity index (χ0v) is 11.9. The molecule has 90 valence electrons. The van der Waals surface area contributed by atoms with Crippen molar-refractivity contribution in [1.29, 1.82) is 0 Å². The first-order valence-corrected chi connectivity index (χ1v) is 7.95. The quantitative estimate of drug-likeness (QED) is 0.730. The highest BCUT2D eigenvalue weighted by atomic mass is 35.5. The third kappa shape index (κ3) is 3.07. The average Bonchev–Trinajstić information content (AvgIpc) is 2.33. The molecule has 0 spiro atoms. The van der Waals surface area contributed by atoms with Crippen LogP contribution in [0.3, 0.4) is 0 Å². The van der Waals surface area contributed by atoms with Crippen LogP contribution < -0.4 is 5.19 Å². The Hall–Kier alpha value is -0.353. The first-order valence-electron chi connectivity index (χ1n) is 5.55. The zero-order valence-electron chi connectivity index (χ0n) is 10.1. The molecule has 0 amide bonds. The summed E-state index contributed by atoms with van der Waals surface area (Å²) in [6.07, 6.45) is 2.27. The summed E-state index contributed by atoms with van der Waals surface area (Å²) >= 11 is 5.89. The molecule has 16 heavy (non-hydrogen) atoms. The lowest BCUT2D eigenvalue weighted by Crippen LogP contribution is -2.52. The van der Waals surface area contributed by atoms with Crippen LogP contribution in [0.2, 0.25) is 11.1 Å². The Labute approximate surface area is 104 Å². The average molecular weight is 259 g/mol. The van der Waals surface area contributed by atoms with Gasteiger partial charge in [-0.15, -0.1) is 0 Å². The van der Waals surface area contributed by atoms with E-state index in [1.807, 2.05) is 24.3 Å². The summed E-state index contributed by atoms with van der Waals surface area (Å²) in [4.78, 5) is 0. The van der Waals surface area contributed by atoms with E-state index in [-0.39, 0.29) is 0 Å². The number of rotatable bonds is 6. The standard InChI is InChI=1S/C12H19ClO2Si/c1-4-5-10-16(14-2,15-3)12-8-6-11(13)7-9-12/h6-9H,4-5,10H2,1-3H3. The second-order valence-electron chi connectivity index (χ2n) is 3.77. The van der Waals surface area contributed by atoms with E-state index in [1.54, 1.807) is 14.2 Å². The normalized spacial score (nSPS) is 11.8. The third-order valence-corrected chi connectivity index (χ3v) is 6.60. The van der Waals surface area contributed by atoms with Crippen molar-refractivity contribution >= 4 is 25.3 Å². The van der Waals surface area contributed by atoms with Gasteiger partial charge in [-0.25, -0.2) is 0 Å². The monoisotopic (exact) mass is 258 g/mol. The van der Waals surface area contributed by atoms with Crippen molar-refractivity contribution in [3.05, 3.63) is 29.3 Å². The van der Waals surface area contributed by atoms with Gasteiger partial charge in [0.2, 0.25) is 0 Å². The van der Waals surface area contributed by atoms with E-state index in [0.717, 1.165) is 29.1 Å². The van der Waals surface area contributed by atoms with E-state index in [0.29, 0.717) is 0 Å². The largest absolute Gasteiger partial charge is 0.394 e. The van der Waals surface area contributed by atoms with Crippen LogP contribution in [-0.2, 0) is 8.85 Å². The van der Waals surface area contributed by atoms with Crippen LogP contribution in [0.25, 0.3) is 0 Å². The lowest BCUT2D eigenvalue weighted by molar-refractivity contribution is 0.256. The van der Waals surface area contributed by atoms with E-state index in [1.165, 1.54) is 0 Å². The second kappa shape index (κ2) is 6.40. The Bertz CT molecular complexity index is 309. The van der Waals surface area contributed by atoms with Crippen LogP contribution in [0.15, 0.2) is 24.3 Å². The van der Waals surface area contributed by atoms with Crippen molar-refractivity contribution in [2.75, 3.05) is 14.2 Å². The maximum absolute atomic E-state index is 5.89. The fourth-order valence-corrected chi connectivity index (χ4v) is 4.74. The Morgan fingerprint density at radius 2 is 1.69 bits per heavy atom. The molecule has 0 saturated carbocycles. The SMILES string of the molecule is CCCC[Si](OC)(OC)c1ccc(Cl)cc1. The van der Waals surface area contributed by atoms with E-state index >= 15 is 0 Å². The molecule has 0 aliphatic rings. The molecule has 0 aliphatic heterocycles. The maximum atomic E-state index is 5.89. The minimum Gasteiger partial charge on any atom is -0.394 e. The summed E-state index contributed by atoms with van der Waals surface area (Å²) in [5, 5.41) is 1.89. The van der Waals surface area contributed by atoms with Gasteiger partial charge in [-0.2, -0.15) is 0 Å². The van der Waals surface area contributed by atoms with E-state index in [2.05, 4.69) is 6.92 Å². The van der Waals surface area contributed by atoms with E-state index in [4.69, 9.17) is 20.5 Å². The molecule has 0 bridgehead atoms. The predicted molar refractivity (Wildman–Crippen MR) is 70.6 cm³/mol. The van der Waals surface area contributed by atoms with Crippen molar-refractivity contribution in [3.8, 4) is 0 Å². The van der Waals surface area contributed by atoms with Crippen molar-refractivity contribution in [2.24, 2.45) is 0 Å². The molecular formula is C12H19ClO2Si. The molecule has 0 N–H and O–H groups in total.